The number of likely N-dealkylation sites (tertiary alicyclic amines) is 1. The minimum atomic E-state index is 0.722. The lowest BCUT2D eigenvalue weighted by molar-refractivity contribution is 0.202. The van der Waals surface area contributed by atoms with Gasteiger partial charge in [0, 0.05) is 50.1 Å². The number of para-hydroxylation sites is 2. The summed E-state index contributed by atoms with van der Waals surface area (Å²) in [5, 5.41) is 3.59. The molecule has 1 fully saturated rings. The van der Waals surface area contributed by atoms with Crippen LogP contribution in [0.2, 0.25) is 0 Å². The molecule has 3 heterocycles. The zero-order chi connectivity index (χ0) is 16.6. The zero-order valence-corrected chi connectivity index (χ0v) is 14.9. The third-order valence-corrected chi connectivity index (χ3v) is 6.25. The second-order valence-corrected chi connectivity index (χ2v) is 7.71. The molecule has 0 spiro atoms. The van der Waals surface area contributed by atoms with E-state index in [1.165, 1.54) is 73.4 Å². The van der Waals surface area contributed by atoms with Crippen molar-refractivity contribution in [2.24, 2.45) is 0 Å². The second kappa shape index (κ2) is 6.38. The fourth-order valence-corrected chi connectivity index (χ4v) is 4.92. The van der Waals surface area contributed by atoms with Crippen molar-refractivity contribution in [3.63, 3.8) is 0 Å². The van der Waals surface area contributed by atoms with Crippen molar-refractivity contribution in [1.82, 2.24) is 4.90 Å². The predicted molar refractivity (Wildman–Crippen MR) is 104 cm³/mol. The first-order chi connectivity index (χ1) is 12.4. The van der Waals surface area contributed by atoms with E-state index in [4.69, 9.17) is 0 Å². The van der Waals surface area contributed by atoms with Gasteiger partial charge < -0.3 is 10.2 Å². The average Bonchev–Trinajstić information content (AvgIpc) is 3.30. The summed E-state index contributed by atoms with van der Waals surface area (Å²) < 4.78 is 0. The molecule has 5 rings (SSSR count). The van der Waals surface area contributed by atoms with E-state index in [-0.39, 0.29) is 0 Å². The summed E-state index contributed by atoms with van der Waals surface area (Å²) >= 11 is 0. The molecule has 2 aromatic rings. The average molecular weight is 333 g/mol. The van der Waals surface area contributed by atoms with Gasteiger partial charge >= 0.3 is 0 Å². The lowest BCUT2D eigenvalue weighted by Crippen LogP contribution is -2.44. The van der Waals surface area contributed by atoms with E-state index in [0.29, 0.717) is 0 Å². The standard InChI is InChI=1S/C22H27N3/c1-2-7-21-17(4-1)9-15-25(21)20-10-13-24(14-11-20)16-19-6-3-5-18-8-12-23-22(18)19/h1-7,20,23H,8-16H2. The smallest absolute Gasteiger partial charge is 0.0419 e. The van der Waals surface area contributed by atoms with Gasteiger partial charge in [-0.15, -0.1) is 0 Å². The molecule has 0 radical (unpaired) electrons. The third-order valence-electron chi connectivity index (χ3n) is 6.25. The summed E-state index contributed by atoms with van der Waals surface area (Å²) in [6.07, 6.45) is 4.98. The molecule has 25 heavy (non-hydrogen) atoms. The highest BCUT2D eigenvalue weighted by Gasteiger charge is 2.29. The van der Waals surface area contributed by atoms with Crippen LogP contribution in [0.5, 0.6) is 0 Å². The molecule has 0 unspecified atom stereocenters. The van der Waals surface area contributed by atoms with Crippen molar-refractivity contribution >= 4 is 11.4 Å². The molecule has 0 saturated carbocycles. The maximum Gasteiger partial charge on any atom is 0.0419 e. The number of benzene rings is 2. The van der Waals surface area contributed by atoms with Gasteiger partial charge in [-0.1, -0.05) is 36.4 Å². The number of anilines is 2. The molecule has 0 amide bonds. The fourth-order valence-electron chi connectivity index (χ4n) is 4.92. The van der Waals surface area contributed by atoms with Gasteiger partial charge in [-0.2, -0.15) is 0 Å². The summed E-state index contributed by atoms with van der Waals surface area (Å²) in [5.41, 5.74) is 7.43. The number of rotatable bonds is 3. The predicted octanol–water partition coefficient (Wildman–Crippen LogP) is 3.68. The summed E-state index contributed by atoms with van der Waals surface area (Å²) in [5.74, 6) is 0. The normalized spacial score (nSPS) is 20.4. The Morgan fingerprint density at radius 2 is 1.72 bits per heavy atom. The molecule has 2 aromatic carbocycles. The van der Waals surface area contributed by atoms with E-state index >= 15 is 0 Å². The first kappa shape index (κ1) is 15.3. The van der Waals surface area contributed by atoms with Crippen LogP contribution in [-0.4, -0.2) is 37.1 Å². The number of fused-ring (bicyclic) bond motifs is 2. The van der Waals surface area contributed by atoms with Crippen molar-refractivity contribution in [2.75, 3.05) is 36.4 Å². The van der Waals surface area contributed by atoms with E-state index < -0.39 is 0 Å². The van der Waals surface area contributed by atoms with Crippen molar-refractivity contribution in [3.05, 3.63) is 59.2 Å². The van der Waals surface area contributed by atoms with Crippen molar-refractivity contribution in [1.29, 1.82) is 0 Å². The van der Waals surface area contributed by atoms with Gasteiger partial charge in [-0.25, -0.2) is 0 Å². The van der Waals surface area contributed by atoms with Crippen molar-refractivity contribution in [2.45, 2.75) is 38.3 Å². The summed E-state index contributed by atoms with van der Waals surface area (Å²) in [6.45, 7) is 5.84. The number of hydrogen-bond donors (Lipinski definition) is 1. The lowest BCUT2D eigenvalue weighted by atomic mass is 10.0. The Morgan fingerprint density at radius 1 is 0.880 bits per heavy atom. The first-order valence-electron chi connectivity index (χ1n) is 9.80. The van der Waals surface area contributed by atoms with Gasteiger partial charge in [-0.05, 0) is 48.4 Å². The van der Waals surface area contributed by atoms with Crippen LogP contribution in [0.25, 0.3) is 0 Å². The highest BCUT2D eigenvalue weighted by Crippen LogP contribution is 2.33. The highest BCUT2D eigenvalue weighted by atomic mass is 15.2. The molecule has 3 nitrogen and oxygen atoms in total. The monoisotopic (exact) mass is 333 g/mol. The van der Waals surface area contributed by atoms with Crippen LogP contribution in [0, 0.1) is 0 Å². The molecular formula is C22H27N3. The molecule has 3 aliphatic heterocycles. The van der Waals surface area contributed by atoms with Gasteiger partial charge in [0.25, 0.3) is 0 Å². The van der Waals surface area contributed by atoms with Crippen LogP contribution in [0.15, 0.2) is 42.5 Å². The van der Waals surface area contributed by atoms with Gasteiger partial charge in [0.1, 0.15) is 0 Å². The number of piperidine rings is 1. The van der Waals surface area contributed by atoms with E-state index in [0.717, 1.165) is 19.1 Å². The van der Waals surface area contributed by atoms with E-state index in [1.54, 1.807) is 0 Å². The van der Waals surface area contributed by atoms with E-state index in [2.05, 4.69) is 57.6 Å². The van der Waals surface area contributed by atoms with Crippen LogP contribution >= 0.6 is 0 Å². The third kappa shape index (κ3) is 2.81. The SMILES string of the molecule is c1ccc2c(c1)CCN2C1CCN(Cc2cccc3c2NCC3)CC1. The molecule has 3 heteroatoms. The van der Waals surface area contributed by atoms with Crippen molar-refractivity contribution < 1.29 is 0 Å². The lowest BCUT2D eigenvalue weighted by Gasteiger charge is -2.38. The number of nitrogens with zero attached hydrogens (tertiary/aromatic N) is 2. The second-order valence-electron chi connectivity index (χ2n) is 7.71. The van der Waals surface area contributed by atoms with Crippen LogP contribution in [0.1, 0.15) is 29.5 Å². The Kier molecular flexibility index (Phi) is 3.90. The Hall–Kier alpha value is -2.00. The van der Waals surface area contributed by atoms with Crippen LogP contribution < -0.4 is 10.2 Å². The minimum absolute atomic E-state index is 0.722. The largest absolute Gasteiger partial charge is 0.384 e. The zero-order valence-electron chi connectivity index (χ0n) is 14.9. The number of hydrogen-bond acceptors (Lipinski definition) is 3. The van der Waals surface area contributed by atoms with Gasteiger partial charge in [0.15, 0.2) is 0 Å². The quantitative estimate of drug-likeness (QED) is 0.924. The van der Waals surface area contributed by atoms with Crippen LogP contribution in [-0.2, 0) is 19.4 Å². The fraction of sp³-hybridized carbons (Fsp3) is 0.455. The van der Waals surface area contributed by atoms with Crippen molar-refractivity contribution in [3.8, 4) is 0 Å². The van der Waals surface area contributed by atoms with Crippen LogP contribution in [0.3, 0.4) is 0 Å². The molecule has 130 valence electrons. The Labute approximate surface area is 150 Å². The summed E-state index contributed by atoms with van der Waals surface area (Å²) in [7, 11) is 0. The van der Waals surface area contributed by atoms with Crippen LogP contribution in [0.4, 0.5) is 11.4 Å². The van der Waals surface area contributed by atoms with E-state index in [1.807, 2.05) is 0 Å². The highest BCUT2D eigenvalue weighted by molar-refractivity contribution is 5.61. The van der Waals surface area contributed by atoms with Gasteiger partial charge in [-0.3, -0.25) is 4.90 Å². The maximum atomic E-state index is 3.59. The molecule has 3 aliphatic rings. The molecule has 0 atom stereocenters. The van der Waals surface area contributed by atoms with Gasteiger partial charge in [0.05, 0.1) is 0 Å². The minimum Gasteiger partial charge on any atom is -0.384 e. The van der Waals surface area contributed by atoms with Gasteiger partial charge in [0.2, 0.25) is 0 Å². The molecule has 0 aromatic heterocycles. The summed E-state index contributed by atoms with van der Waals surface area (Å²) in [4.78, 5) is 5.32. The Balaban J connectivity index is 1.23. The molecule has 1 N–H and O–H groups in total. The molecule has 0 bridgehead atoms. The van der Waals surface area contributed by atoms with E-state index in [9.17, 15) is 0 Å². The molecular weight excluding hydrogens is 306 g/mol. The Morgan fingerprint density at radius 3 is 2.64 bits per heavy atom. The molecule has 1 saturated heterocycles. The topological polar surface area (TPSA) is 18.5 Å². The first-order valence-corrected chi connectivity index (χ1v) is 9.80. The molecule has 0 aliphatic carbocycles. The summed E-state index contributed by atoms with van der Waals surface area (Å²) in [6, 6.07) is 16.5. The number of nitrogens with one attached hydrogen (secondary N) is 1. The maximum absolute atomic E-state index is 3.59. The Bertz CT molecular complexity index is 762.